The van der Waals surface area contributed by atoms with E-state index in [1.807, 2.05) is 17.7 Å². The summed E-state index contributed by atoms with van der Waals surface area (Å²) in [7, 11) is 0. The molecule has 23 heavy (non-hydrogen) atoms. The van der Waals surface area contributed by atoms with Gasteiger partial charge in [-0.2, -0.15) is 0 Å². The fourth-order valence-corrected chi connectivity index (χ4v) is 2.57. The lowest BCUT2D eigenvalue weighted by Gasteiger charge is -2.16. The largest absolute Gasteiger partial charge is 0.348 e. The number of hydrogen-bond acceptors (Lipinski definition) is 3. The molecule has 1 aromatic carbocycles. The Balaban J connectivity index is 1.60. The number of hydrogen-bond donors (Lipinski definition) is 2. The summed E-state index contributed by atoms with van der Waals surface area (Å²) in [6.07, 6.45) is 5.29. The highest BCUT2D eigenvalue weighted by atomic mass is 16.2. The maximum absolute atomic E-state index is 12.3. The van der Waals surface area contributed by atoms with E-state index in [-0.39, 0.29) is 18.0 Å². The second-order valence-electron chi connectivity index (χ2n) is 5.56. The number of nitrogens with one attached hydrogen (secondary N) is 2. The third-order valence-electron chi connectivity index (χ3n) is 3.72. The van der Waals surface area contributed by atoms with Crippen LogP contribution in [0.4, 0.5) is 10.5 Å². The van der Waals surface area contributed by atoms with Gasteiger partial charge in [-0.15, -0.1) is 0 Å². The predicted molar refractivity (Wildman–Crippen MR) is 86.3 cm³/mol. The first-order chi connectivity index (χ1) is 11.1. The topological polar surface area (TPSA) is 79.3 Å². The van der Waals surface area contributed by atoms with E-state index in [2.05, 4.69) is 15.6 Å². The highest BCUT2D eigenvalue weighted by molar-refractivity contribution is 5.97. The van der Waals surface area contributed by atoms with E-state index in [0.717, 1.165) is 5.69 Å². The van der Waals surface area contributed by atoms with Crippen molar-refractivity contribution in [1.82, 2.24) is 20.2 Å². The molecule has 2 heterocycles. The predicted octanol–water partition coefficient (Wildman–Crippen LogP) is 1.23. The summed E-state index contributed by atoms with van der Waals surface area (Å²) < 4.78 is 1.92. The van der Waals surface area contributed by atoms with Crippen molar-refractivity contribution >= 4 is 17.6 Å². The fraction of sp³-hybridized carbons (Fsp3) is 0.312. The fourth-order valence-electron chi connectivity index (χ4n) is 2.57. The minimum Gasteiger partial charge on any atom is -0.348 e. The van der Waals surface area contributed by atoms with Crippen molar-refractivity contribution in [2.75, 3.05) is 18.0 Å². The van der Waals surface area contributed by atoms with E-state index in [9.17, 15) is 9.59 Å². The molecule has 1 atom stereocenters. The molecule has 1 aromatic heterocycles. The third-order valence-corrected chi connectivity index (χ3v) is 3.72. The number of rotatable bonds is 5. The summed E-state index contributed by atoms with van der Waals surface area (Å²) in [5.74, 6) is -0.130. The number of nitrogens with zero attached hydrogens (tertiary/aromatic N) is 3. The van der Waals surface area contributed by atoms with Crippen LogP contribution in [0.1, 0.15) is 17.3 Å². The van der Waals surface area contributed by atoms with Gasteiger partial charge in [0.25, 0.3) is 5.91 Å². The van der Waals surface area contributed by atoms with Crippen molar-refractivity contribution in [3.63, 3.8) is 0 Å². The zero-order valence-electron chi connectivity index (χ0n) is 12.9. The normalized spacial score (nSPS) is 15.3. The summed E-state index contributed by atoms with van der Waals surface area (Å²) in [5, 5.41) is 5.70. The van der Waals surface area contributed by atoms with E-state index >= 15 is 0 Å². The van der Waals surface area contributed by atoms with Gasteiger partial charge in [0, 0.05) is 49.3 Å². The molecule has 0 saturated carbocycles. The van der Waals surface area contributed by atoms with Crippen LogP contribution < -0.4 is 15.5 Å². The van der Waals surface area contributed by atoms with Crippen LogP contribution in [0.5, 0.6) is 0 Å². The molecule has 1 aliphatic rings. The highest BCUT2D eigenvalue weighted by Crippen LogP contribution is 2.17. The van der Waals surface area contributed by atoms with Crippen LogP contribution in [0.25, 0.3) is 0 Å². The quantitative estimate of drug-likeness (QED) is 0.871. The van der Waals surface area contributed by atoms with Crippen LogP contribution in [-0.4, -0.2) is 40.6 Å². The molecule has 0 bridgehead atoms. The van der Waals surface area contributed by atoms with Crippen LogP contribution in [0.15, 0.2) is 43.0 Å². The van der Waals surface area contributed by atoms with Crippen molar-refractivity contribution in [1.29, 1.82) is 0 Å². The average Bonchev–Trinajstić information content (AvgIpc) is 3.19. The van der Waals surface area contributed by atoms with E-state index < -0.39 is 0 Å². The Kier molecular flexibility index (Phi) is 4.27. The maximum Gasteiger partial charge on any atom is 0.321 e. The Hall–Kier alpha value is -2.83. The van der Waals surface area contributed by atoms with Gasteiger partial charge in [0.2, 0.25) is 0 Å². The zero-order valence-corrected chi connectivity index (χ0v) is 12.9. The summed E-state index contributed by atoms with van der Waals surface area (Å²) in [4.78, 5) is 29.5. The van der Waals surface area contributed by atoms with Gasteiger partial charge in [0.05, 0.1) is 6.33 Å². The Morgan fingerprint density at radius 3 is 2.78 bits per heavy atom. The second kappa shape index (κ2) is 6.51. The average molecular weight is 313 g/mol. The van der Waals surface area contributed by atoms with E-state index in [1.54, 1.807) is 41.7 Å². The van der Waals surface area contributed by atoms with E-state index in [0.29, 0.717) is 25.2 Å². The molecule has 7 nitrogen and oxygen atoms in total. The van der Waals surface area contributed by atoms with Crippen molar-refractivity contribution in [2.45, 2.75) is 19.5 Å². The smallest absolute Gasteiger partial charge is 0.321 e. The molecule has 7 heteroatoms. The zero-order chi connectivity index (χ0) is 16.2. The van der Waals surface area contributed by atoms with Gasteiger partial charge in [0.15, 0.2) is 0 Å². The first kappa shape index (κ1) is 15.1. The SMILES string of the molecule is CC(Cn1ccnc1)NC(=O)c1ccc(N2CCNC2=O)cc1. The maximum atomic E-state index is 12.3. The molecule has 1 aliphatic heterocycles. The molecule has 1 saturated heterocycles. The molecule has 0 spiro atoms. The number of carbonyl (C=O) groups is 2. The lowest BCUT2D eigenvalue weighted by Crippen LogP contribution is -2.35. The minimum atomic E-state index is -0.130. The Morgan fingerprint density at radius 1 is 1.39 bits per heavy atom. The number of anilines is 1. The lowest BCUT2D eigenvalue weighted by molar-refractivity contribution is 0.0936. The van der Waals surface area contributed by atoms with Gasteiger partial charge in [-0.1, -0.05) is 0 Å². The molecule has 2 N–H and O–H groups in total. The molecule has 120 valence electrons. The number of carbonyl (C=O) groups excluding carboxylic acids is 2. The number of amides is 3. The Labute approximate surface area is 134 Å². The molecule has 3 amide bonds. The van der Waals surface area contributed by atoms with Gasteiger partial charge in [0.1, 0.15) is 0 Å². The molecule has 1 fully saturated rings. The molecular weight excluding hydrogens is 294 g/mol. The summed E-state index contributed by atoms with van der Waals surface area (Å²) in [5.41, 5.74) is 1.37. The number of imidazole rings is 1. The lowest BCUT2D eigenvalue weighted by atomic mass is 10.1. The van der Waals surface area contributed by atoms with Crippen LogP contribution in [-0.2, 0) is 6.54 Å². The van der Waals surface area contributed by atoms with Gasteiger partial charge >= 0.3 is 6.03 Å². The first-order valence-corrected chi connectivity index (χ1v) is 7.55. The van der Waals surface area contributed by atoms with Crippen LogP contribution in [0.3, 0.4) is 0 Å². The van der Waals surface area contributed by atoms with Crippen molar-refractivity contribution in [3.8, 4) is 0 Å². The first-order valence-electron chi connectivity index (χ1n) is 7.55. The molecular formula is C16H19N5O2. The molecule has 1 unspecified atom stereocenters. The van der Waals surface area contributed by atoms with Crippen LogP contribution in [0, 0.1) is 0 Å². The summed E-state index contributed by atoms with van der Waals surface area (Å²) in [6, 6.07) is 6.94. The summed E-state index contributed by atoms with van der Waals surface area (Å²) in [6.45, 7) is 3.90. The minimum absolute atomic E-state index is 0.0132. The molecule has 3 rings (SSSR count). The number of benzene rings is 1. The summed E-state index contributed by atoms with van der Waals surface area (Å²) >= 11 is 0. The van der Waals surface area contributed by atoms with Crippen molar-refractivity contribution < 1.29 is 9.59 Å². The van der Waals surface area contributed by atoms with E-state index in [4.69, 9.17) is 0 Å². The molecule has 2 aromatic rings. The molecule has 0 radical (unpaired) electrons. The van der Waals surface area contributed by atoms with Gasteiger partial charge in [-0.05, 0) is 31.2 Å². The number of aromatic nitrogens is 2. The standard InChI is InChI=1S/C16H19N5O2/c1-12(10-20-8-6-17-11-20)19-15(22)13-2-4-14(5-3-13)21-9-7-18-16(21)23/h2-6,8,11-12H,7,9-10H2,1H3,(H,18,23)(H,19,22). The van der Waals surface area contributed by atoms with Crippen LogP contribution in [0.2, 0.25) is 0 Å². The monoisotopic (exact) mass is 313 g/mol. The third kappa shape index (κ3) is 3.50. The van der Waals surface area contributed by atoms with Crippen molar-refractivity contribution in [2.24, 2.45) is 0 Å². The van der Waals surface area contributed by atoms with Crippen molar-refractivity contribution in [3.05, 3.63) is 48.5 Å². The highest BCUT2D eigenvalue weighted by Gasteiger charge is 2.21. The second-order valence-corrected chi connectivity index (χ2v) is 5.56. The van der Waals surface area contributed by atoms with Gasteiger partial charge < -0.3 is 15.2 Å². The Bertz CT molecular complexity index is 681. The van der Waals surface area contributed by atoms with E-state index in [1.165, 1.54) is 0 Å². The van der Waals surface area contributed by atoms with Crippen LogP contribution >= 0.6 is 0 Å². The molecule has 0 aliphatic carbocycles. The number of urea groups is 1. The Morgan fingerprint density at radius 2 is 2.17 bits per heavy atom. The van der Waals surface area contributed by atoms with Gasteiger partial charge in [-0.3, -0.25) is 9.69 Å². The van der Waals surface area contributed by atoms with Gasteiger partial charge in [-0.25, -0.2) is 9.78 Å².